The predicted molar refractivity (Wildman–Crippen MR) is 77.6 cm³/mol. The van der Waals surface area contributed by atoms with Crippen LogP contribution in [0.2, 0.25) is 0 Å². The fourth-order valence-corrected chi connectivity index (χ4v) is 3.09. The molecule has 0 bridgehead atoms. The van der Waals surface area contributed by atoms with Crippen LogP contribution < -0.4 is 5.56 Å². The zero-order valence-electron chi connectivity index (χ0n) is 12.7. The van der Waals surface area contributed by atoms with E-state index < -0.39 is 0 Å². The average molecular weight is 277 g/mol. The standard InChI is InChI=1S/C15H23N3O2/c1-9-5-10(2)8-18(7-9)14(19)6-13-11(3)16-12(4)17-15(13)20/h9-10H,5-8H2,1-4H3,(H,16,17,20). The van der Waals surface area contributed by atoms with E-state index in [0.717, 1.165) is 19.5 Å². The van der Waals surface area contributed by atoms with Gasteiger partial charge in [-0.1, -0.05) is 13.8 Å². The normalized spacial score (nSPS) is 22.9. The molecule has 1 amide bonds. The third kappa shape index (κ3) is 3.26. The first-order chi connectivity index (χ1) is 9.36. The monoisotopic (exact) mass is 277 g/mol. The topological polar surface area (TPSA) is 66.1 Å². The third-order valence-corrected chi connectivity index (χ3v) is 3.89. The molecular formula is C15H23N3O2. The van der Waals surface area contributed by atoms with Crippen LogP contribution in [-0.2, 0) is 11.2 Å². The lowest BCUT2D eigenvalue weighted by Crippen LogP contribution is -2.43. The number of H-pyrrole nitrogens is 1. The van der Waals surface area contributed by atoms with Crippen LogP contribution in [0.4, 0.5) is 0 Å². The smallest absolute Gasteiger partial charge is 0.254 e. The second-order valence-corrected chi connectivity index (χ2v) is 6.14. The average Bonchev–Trinajstić information content (AvgIpc) is 2.32. The van der Waals surface area contributed by atoms with Gasteiger partial charge in [0, 0.05) is 24.3 Å². The number of nitrogens with one attached hydrogen (secondary N) is 1. The summed E-state index contributed by atoms with van der Waals surface area (Å²) in [5.74, 6) is 1.67. The van der Waals surface area contributed by atoms with Gasteiger partial charge in [-0.25, -0.2) is 4.98 Å². The van der Waals surface area contributed by atoms with E-state index in [1.807, 2.05) is 4.90 Å². The minimum atomic E-state index is -0.193. The number of likely N-dealkylation sites (tertiary alicyclic amines) is 1. The number of aromatic amines is 1. The van der Waals surface area contributed by atoms with Crippen molar-refractivity contribution in [3.8, 4) is 0 Å². The highest BCUT2D eigenvalue weighted by molar-refractivity contribution is 5.79. The Labute approximate surface area is 119 Å². The van der Waals surface area contributed by atoms with Gasteiger partial charge in [-0.2, -0.15) is 0 Å². The van der Waals surface area contributed by atoms with E-state index in [1.165, 1.54) is 0 Å². The molecule has 0 aliphatic carbocycles. The molecule has 5 heteroatoms. The van der Waals surface area contributed by atoms with Crippen LogP contribution in [0.3, 0.4) is 0 Å². The molecule has 110 valence electrons. The SMILES string of the molecule is Cc1nc(C)c(CC(=O)N2CC(C)CC(C)C2)c(=O)[nH]1. The van der Waals surface area contributed by atoms with Gasteiger partial charge < -0.3 is 9.88 Å². The highest BCUT2D eigenvalue weighted by Crippen LogP contribution is 2.21. The van der Waals surface area contributed by atoms with Gasteiger partial charge in [0.25, 0.3) is 5.56 Å². The third-order valence-electron chi connectivity index (χ3n) is 3.89. The van der Waals surface area contributed by atoms with Crippen LogP contribution in [0.1, 0.15) is 37.4 Å². The summed E-state index contributed by atoms with van der Waals surface area (Å²) in [6.07, 6.45) is 1.31. The molecule has 2 unspecified atom stereocenters. The number of aromatic nitrogens is 2. The van der Waals surface area contributed by atoms with E-state index >= 15 is 0 Å². The van der Waals surface area contributed by atoms with E-state index in [1.54, 1.807) is 13.8 Å². The molecular weight excluding hydrogens is 254 g/mol. The molecule has 0 saturated carbocycles. The maximum Gasteiger partial charge on any atom is 0.254 e. The van der Waals surface area contributed by atoms with Crippen molar-refractivity contribution in [2.45, 2.75) is 40.5 Å². The Kier molecular flexibility index (Phi) is 4.26. The highest BCUT2D eigenvalue weighted by Gasteiger charge is 2.26. The van der Waals surface area contributed by atoms with Crippen molar-refractivity contribution >= 4 is 5.91 Å². The summed E-state index contributed by atoms with van der Waals surface area (Å²) >= 11 is 0. The molecule has 1 N–H and O–H groups in total. The molecule has 1 saturated heterocycles. The van der Waals surface area contributed by atoms with Crippen LogP contribution in [0.5, 0.6) is 0 Å². The Balaban J connectivity index is 2.14. The number of rotatable bonds is 2. The summed E-state index contributed by atoms with van der Waals surface area (Å²) in [6, 6.07) is 0. The Morgan fingerprint density at radius 3 is 2.45 bits per heavy atom. The number of amides is 1. The van der Waals surface area contributed by atoms with E-state index in [9.17, 15) is 9.59 Å². The van der Waals surface area contributed by atoms with Crippen molar-refractivity contribution in [1.82, 2.24) is 14.9 Å². The maximum atomic E-state index is 12.4. The summed E-state index contributed by atoms with van der Waals surface area (Å²) in [5, 5.41) is 0. The fraction of sp³-hybridized carbons (Fsp3) is 0.667. The summed E-state index contributed by atoms with van der Waals surface area (Å²) in [7, 11) is 0. The van der Waals surface area contributed by atoms with Crippen LogP contribution in [0, 0.1) is 25.7 Å². The first kappa shape index (κ1) is 14.8. The van der Waals surface area contributed by atoms with Gasteiger partial charge in [0.15, 0.2) is 0 Å². The van der Waals surface area contributed by atoms with Crippen molar-refractivity contribution in [2.24, 2.45) is 11.8 Å². The fourth-order valence-electron chi connectivity index (χ4n) is 3.09. The van der Waals surface area contributed by atoms with E-state index in [-0.39, 0.29) is 17.9 Å². The van der Waals surface area contributed by atoms with E-state index in [2.05, 4.69) is 23.8 Å². The molecule has 0 spiro atoms. The predicted octanol–water partition coefficient (Wildman–Crippen LogP) is 1.43. The van der Waals surface area contributed by atoms with E-state index in [4.69, 9.17) is 0 Å². The summed E-state index contributed by atoms with van der Waals surface area (Å²) in [4.78, 5) is 33.1. The first-order valence-corrected chi connectivity index (χ1v) is 7.21. The van der Waals surface area contributed by atoms with E-state index in [0.29, 0.717) is 28.9 Å². The number of hydrogen-bond acceptors (Lipinski definition) is 3. The summed E-state index contributed by atoms with van der Waals surface area (Å²) in [6.45, 7) is 9.45. The molecule has 1 aromatic rings. The molecule has 1 fully saturated rings. The van der Waals surface area contributed by atoms with Crippen LogP contribution in [-0.4, -0.2) is 33.9 Å². The molecule has 2 atom stereocenters. The van der Waals surface area contributed by atoms with Gasteiger partial charge in [-0.15, -0.1) is 0 Å². The molecule has 1 aliphatic heterocycles. The number of hydrogen-bond donors (Lipinski definition) is 1. The Morgan fingerprint density at radius 1 is 1.30 bits per heavy atom. The lowest BCUT2D eigenvalue weighted by molar-refractivity contribution is -0.133. The number of aryl methyl sites for hydroxylation is 2. The van der Waals surface area contributed by atoms with Gasteiger partial charge in [0.2, 0.25) is 5.91 Å². The number of carbonyl (C=O) groups excluding carboxylic acids is 1. The van der Waals surface area contributed by atoms with Crippen LogP contribution in [0.25, 0.3) is 0 Å². The van der Waals surface area contributed by atoms with Crippen molar-refractivity contribution in [2.75, 3.05) is 13.1 Å². The van der Waals surface area contributed by atoms with Gasteiger partial charge in [-0.05, 0) is 32.1 Å². The molecule has 5 nitrogen and oxygen atoms in total. The lowest BCUT2D eigenvalue weighted by atomic mass is 9.91. The van der Waals surface area contributed by atoms with Crippen LogP contribution >= 0.6 is 0 Å². The Hall–Kier alpha value is -1.65. The summed E-state index contributed by atoms with van der Waals surface area (Å²) in [5.41, 5.74) is 0.950. The zero-order chi connectivity index (χ0) is 14.9. The molecule has 0 radical (unpaired) electrons. The number of nitrogens with zero attached hydrogens (tertiary/aromatic N) is 2. The molecule has 2 rings (SSSR count). The highest BCUT2D eigenvalue weighted by atomic mass is 16.2. The van der Waals surface area contributed by atoms with Crippen molar-refractivity contribution in [3.05, 3.63) is 27.4 Å². The number of piperidine rings is 1. The van der Waals surface area contributed by atoms with Gasteiger partial charge >= 0.3 is 0 Å². The molecule has 0 aromatic carbocycles. The Bertz CT molecular complexity index is 555. The van der Waals surface area contributed by atoms with Gasteiger partial charge in [0.1, 0.15) is 5.82 Å². The number of carbonyl (C=O) groups is 1. The second kappa shape index (κ2) is 5.77. The first-order valence-electron chi connectivity index (χ1n) is 7.21. The lowest BCUT2D eigenvalue weighted by Gasteiger charge is -2.35. The van der Waals surface area contributed by atoms with Crippen LogP contribution in [0.15, 0.2) is 4.79 Å². The second-order valence-electron chi connectivity index (χ2n) is 6.14. The largest absolute Gasteiger partial charge is 0.342 e. The zero-order valence-corrected chi connectivity index (χ0v) is 12.7. The minimum absolute atomic E-state index is 0.0302. The maximum absolute atomic E-state index is 12.4. The summed E-state index contributed by atoms with van der Waals surface area (Å²) < 4.78 is 0. The molecule has 20 heavy (non-hydrogen) atoms. The Morgan fingerprint density at radius 2 is 1.90 bits per heavy atom. The van der Waals surface area contributed by atoms with Crippen molar-refractivity contribution < 1.29 is 4.79 Å². The molecule has 1 aromatic heterocycles. The van der Waals surface area contributed by atoms with Gasteiger partial charge in [-0.3, -0.25) is 9.59 Å². The van der Waals surface area contributed by atoms with Crippen molar-refractivity contribution in [3.63, 3.8) is 0 Å². The molecule has 1 aliphatic rings. The van der Waals surface area contributed by atoms with Crippen molar-refractivity contribution in [1.29, 1.82) is 0 Å². The minimum Gasteiger partial charge on any atom is -0.342 e. The molecule has 2 heterocycles. The van der Waals surface area contributed by atoms with Gasteiger partial charge in [0.05, 0.1) is 6.42 Å². The quantitative estimate of drug-likeness (QED) is 0.889.